The van der Waals surface area contributed by atoms with Crippen molar-refractivity contribution < 1.29 is 28.5 Å². The first-order valence-electron chi connectivity index (χ1n) is 6.94. The molecular formula is C16H16O6. The van der Waals surface area contributed by atoms with Crippen molar-refractivity contribution in [3.63, 3.8) is 0 Å². The van der Waals surface area contributed by atoms with Gasteiger partial charge in [0.1, 0.15) is 18.0 Å². The highest BCUT2D eigenvalue weighted by Crippen LogP contribution is 2.44. The molecule has 0 aliphatic carbocycles. The van der Waals surface area contributed by atoms with Gasteiger partial charge in [0.2, 0.25) is 0 Å². The minimum Gasteiger partial charge on any atom is -0.497 e. The molecule has 0 saturated carbocycles. The molecule has 0 unspecified atom stereocenters. The van der Waals surface area contributed by atoms with Crippen LogP contribution in [0.25, 0.3) is 0 Å². The number of ether oxygens (including phenoxy) is 4. The number of rotatable bonds is 5. The van der Waals surface area contributed by atoms with Crippen LogP contribution in [0.3, 0.4) is 0 Å². The van der Waals surface area contributed by atoms with Crippen LogP contribution in [0.4, 0.5) is 0 Å². The van der Waals surface area contributed by atoms with Gasteiger partial charge in [-0.05, 0) is 5.56 Å². The number of carbonyl (C=O) groups excluding carboxylic acids is 2. The van der Waals surface area contributed by atoms with Crippen LogP contribution in [0.15, 0.2) is 42.2 Å². The Bertz CT molecular complexity index is 608. The summed E-state index contributed by atoms with van der Waals surface area (Å²) in [5.74, 6) is -0.653. The number of methoxy groups -OCH3 is 1. The number of benzene rings is 1. The standard InChI is InChI=1S/C16H16O6/c1-9(17)20-16(14-11(19-2)8-12(18)21-14)15-13(22-15)10-6-4-3-5-7-10/h3-8,13-16H,1-2H3/t13-,14+,15+,16+/m0/s1. The summed E-state index contributed by atoms with van der Waals surface area (Å²) in [5.41, 5.74) is 0.983. The van der Waals surface area contributed by atoms with Gasteiger partial charge in [-0.25, -0.2) is 4.79 Å². The highest BCUT2D eigenvalue weighted by Gasteiger charge is 2.54. The second-order valence-electron chi connectivity index (χ2n) is 5.11. The summed E-state index contributed by atoms with van der Waals surface area (Å²) in [4.78, 5) is 22.8. The van der Waals surface area contributed by atoms with Crippen molar-refractivity contribution in [2.75, 3.05) is 7.11 Å². The lowest BCUT2D eigenvalue weighted by atomic mass is 10.0. The lowest BCUT2D eigenvalue weighted by Crippen LogP contribution is -2.38. The van der Waals surface area contributed by atoms with Crippen molar-refractivity contribution in [2.45, 2.75) is 31.3 Å². The summed E-state index contributed by atoms with van der Waals surface area (Å²) >= 11 is 0. The zero-order chi connectivity index (χ0) is 15.7. The van der Waals surface area contributed by atoms with Gasteiger partial charge in [-0.3, -0.25) is 4.79 Å². The Balaban J connectivity index is 1.79. The zero-order valence-corrected chi connectivity index (χ0v) is 12.2. The molecule has 1 saturated heterocycles. The van der Waals surface area contributed by atoms with Crippen molar-refractivity contribution in [2.24, 2.45) is 0 Å². The van der Waals surface area contributed by atoms with Crippen LogP contribution in [0.5, 0.6) is 0 Å². The second kappa shape index (κ2) is 5.81. The van der Waals surface area contributed by atoms with Crippen LogP contribution < -0.4 is 0 Å². The summed E-state index contributed by atoms with van der Waals surface area (Å²) in [6.45, 7) is 1.31. The Labute approximate surface area is 127 Å². The van der Waals surface area contributed by atoms with Crippen LogP contribution in [0.1, 0.15) is 18.6 Å². The molecular weight excluding hydrogens is 288 g/mol. The molecule has 6 heteroatoms. The van der Waals surface area contributed by atoms with Gasteiger partial charge in [-0.15, -0.1) is 0 Å². The monoisotopic (exact) mass is 304 g/mol. The summed E-state index contributed by atoms with van der Waals surface area (Å²) in [5, 5.41) is 0. The fraction of sp³-hybridized carbons (Fsp3) is 0.375. The fourth-order valence-electron chi connectivity index (χ4n) is 2.60. The molecule has 4 atom stereocenters. The van der Waals surface area contributed by atoms with Gasteiger partial charge in [0, 0.05) is 6.92 Å². The molecule has 22 heavy (non-hydrogen) atoms. The molecule has 6 nitrogen and oxygen atoms in total. The molecule has 2 aliphatic heterocycles. The molecule has 0 N–H and O–H groups in total. The predicted molar refractivity (Wildman–Crippen MR) is 74.6 cm³/mol. The molecule has 0 spiro atoms. The van der Waals surface area contributed by atoms with Crippen LogP contribution in [0, 0.1) is 0 Å². The normalized spacial score (nSPS) is 27.6. The zero-order valence-electron chi connectivity index (χ0n) is 12.2. The Morgan fingerprint density at radius 2 is 2.00 bits per heavy atom. The van der Waals surface area contributed by atoms with E-state index < -0.39 is 24.1 Å². The van der Waals surface area contributed by atoms with E-state index in [1.54, 1.807) is 0 Å². The SMILES string of the molecule is COC1=CC(=O)O[C@H]1[C@@H](OC(C)=O)[C@@H]1O[C@H]1c1ccccc1. The van der Waals surface area contributed by atoms with Crippen molar-refractivity contribution in [3.8, 4) is 0 Å². The molecule has 0 bridgehead atoms. The highest BCUT2D eigenvalue weighted by molar-refractivity contribution is 5.85. The first-order valence-corrected chi connectivity index (χ1v) is 6.94. The molecule has 116 valence electrons. The third kappa shape index (κ3) is 2.82. The fourth-order valence-corrected chi connectivity index (χ4v) is 2.60. The van der Waals surface area contributed by atoms with E-state index in [2.05, 4.69) is 0 Å². The molecule has 2 heterocycles. The number of hydrogen-bond acceptors (Lipinski definition) is 6. The molecule has 0 radical (unpaired) electrons. The molecule has 1 aromatic rings. The van der Waals surface area contributed by atoms with Gasteiger partial charge in [-0.1, -0.05) is 30.3 Å². The van der Waals surface area contributed by atoms with E-state index in [4.69, 9.17) is 18.9 Å². The van der Waals surface area contributed by atoms with E-state index in [9.17, 15) is 9.59 Å². The van der Waals surface area contributed by atoms with Gasteiger partial charge in [0.25, 0.3) is 0 Å². The lowest BCUT2D eigenvalue weighted by Gasteiger charge is -2.22. The maximum Gasteiger partial charge on any atom is 0.335 e. The Morgan fingerprint density at radius 3 is 2.64 bits per heavy atom. The Hall–Kier alpha value is -2.34. The number of esters is 2. The number of cyclic esters (lactones) is 1. The van der Waals surface area contributed by atoms with Crippen LogP contribution in [-0.4, -0.2) is 37.4 Å². The summed E-state index contributed by atoms with van der Waals surface area (Å²) in [7, 11) is 1.44. The van der Waals surface area contributed by atoms with E-state index in [1.807, 2.05) is 30.3 Å². The van der Waals surface area contributed by atoms with Gasteiger partial charge >= 0.3 is 11.9 Å². The first kappa shape index (κ1) is 14.6. The van der Waals surface area contributed by atoms with Crippen molar-refractivity contribution in [1.82, 2.24) is 0 Å². The van der Waals surface area contributed by atoms with Crippen molar-refractivity contribution >= 4 is 11.9 Å². The number of hydrogen-bond donors (Lipinski definition) is 0. The largest absolute Gasteiger partial charge is 0.497 e. The maximum absolute atomic E-state index is 11.4. The average molecular weight is 304 g/mol. The maximum atomic E-state index is 11.4. The highest BCUT2D eigenvalue weighted by atomic mass is 16.7. The van der Waals surface area contributed by atoms with Crippen molar-refractivity contribution in [1.29, 1.82) is 0 Å². The topological polar surface area (TPSA) is 74.4 Å². The summed E-state index contributed by atoms with van der Waals surface area (Å²) in [6, 6.07) is 9.59. The van der Waals surface area contributed by atoms with E-state index in [0.717, 1.165) is 5.56 Å². The van der Waals surface area contributed by atoms with Crippen LogP contribution in [0.2, 0.25) is 0 Å². The molecule has 0 aromatic heterocycles. The number of epoxide rings is 1. The van der Waals surface area contributed by atoms with Gasteiger partial charge in [-0.2, -0.15) is 0 Å². The van der Waals surface area contributed by atoms with E-state index in [1.165, 1.54) is 20.1 Å². The minimum atomic E-state index is -0.778. The minimum absolute atomic E-state index is 0.192. The lowest BCUT2D eigenvalue weighted by molar-refractivity contribution is -0.161. The average Bonchev–Trinajstić information content (AvgIpc) is 3.21. The summed E-state index contributed by atoms with van der Waals surface area (Å²) in [6.07, 6.45) is -0.828. The van der Waals surface area contributed by atoms with Gasteiger partial charge in [0.15, 0.2) is 12.2 Å². The quantitative estimate of drug-likeness (QED) is 0.606. The first-order chi connectivity index (χ1) is 10.6. The van der Waals surface area contributed by atoms with Crippen LogP contribution >= 0.6 is 0 Å². The van der Waals surface area contributed by atoms with E-state index >= 15 is 0 Å². The Morgan fingerprint density at radius 1 is 1.27 bits per heavy atom. The molecule has 1 fully saturated rings. The molecule has 3 rings (SSSR count). The molecule has 1 aromatic carbocycles. The molecule has 0 amide bonds. The van der Waals surface area contributed by atoms with E-state index in [0.29, 0.717) is 5.76 Å². The van der Waals surface area contributed by atoms with Gasteiger partial charge < -0.3 is 18.9 Å². The third-order valence-electron chi connectivity index (χ3n) is 3.60. The van der Waals surface area contributed by atoms with Crippen molar-refractivity contribution in [3.05, 3.63) is 47.7 Å². The van der Waals surface area contributed by atoms with Crippen LogP contribution in [-0.2, 0) is 28.5 Å². The molecule has 2 aliphatic rings. The number of carbonyl (C=O) groups is 2. The van der Waals surface area contributed by atoms with Gasteiger partial charge in [0.05, 0.1) is 13.2 Å². The Kier molecular flexibility index (Phi) is 3.85. The second-order valence-corrected chi connectivity index (χ2v) is 5.11. The summed E-state index contributed by atoms with van der Waals surface area (Å²) < 4.78 is 21.3. The predicted octanol–water partition coefficient (Wildman–Crippen LogP) is 1.51. The van der Waals surface area contributed by atoms with E-state index in [-0.39, 0.29) is 12.2 Å². The smallest absolute Gasteiger partial charge is 0.335 e. The third-order valence-corrected chi connectivity index (χ3v) is 3.60.